The van der Waals surface area contributed by atoms with Gasteiger partial charge in [0.25, 0.3) is 0 Å². The van der Waals surface area contributed by atoms with Crippen LogP contribution in [0.2, 0.25) is 0 Å². The highest BCUT2D eigenvalue weighted by Gasteiger charge is 2.27. The van der Waals surface area contributed by atoms with Crippen molar-refractivity contribution in [2.45, 2.75) is 52.0 Å². The highest BCUT2D eigenvalue weighted by Crippen LogP contribution is 2.34. The predicted molar refractivity (Wildman–Crippen MR) is 78.7 cm³/mol. The lowest BCUT2D eigenvalue weighted by molar-refractivity contribution is -0.121. The topological polar surface area (TPSA) is 55.1 Å². The third-order valence-electron chi connectivity index (χ3n) is 4.05. The van der Waals surface area contributed by atoms with Gasteiger partial charge in [0.1, 0.15) is 0 Å². The van der Waals surface area contributed by atoms with E-state index in [1.165, 1.54) is 12.8 Å². The molecule has 1 aromatic rings. The van der Waals surface area contributed by atoms with Crippen LogP contribution in [0.4, 0.5) is 5.69 Å². The number of nitrogens with one attached hydrogen (secondary N) is 1. The molecular formula is C16H24N2O. The Balaban J connectivity index is 1.80. The third kappa shape index (κ3) is 4.27. The highest BCUT2D eigenvalue weighted by atomic mass is 16.1. The van der Waals surface area contributed by atoms with Gasteiger partial charge in [-0.05, 0) is 48.8 Å². The quantitative estimate of drug-likeness (QED) is 0.821. The minimum absolute atomic E-state index is 0.120. The number of carbonyl (C=O) groups excluding carboxylic acids is 1. The number of anilines is 1. The van der Waals surface area contributed by atoms with Crippen molar-refractivity contribution in [1.29, 1.82) is 0 Å². The maximum Gasteiger partial charge on any atom is 0.224 e. The Hall–Kier alpha value is -1.51. The molecule has 0 unspecified atom stereocenters. The van der Waals surface area contributed by atoms with Crippen LogP contribution in [0.1, 0.15) is 45.1 Å². The molecule has 0 aliphatic heterocycles. The van der Waals surface area contributed by atoms with Crippen molar-refractivity contribution in [1.82, 2.24) is 5.32 Å². The number of hydrogen-bond acceptors (Lipinski definition) is 2. The molecule has 3 nitrogen and oxygen atoms in total. The Labute approximate surface area is 115 Å². The molecule has 0 saturated heterocycles. The van der Waals surface area contributed by atoms with E-state index >= 15 is 0 Å². The standard InChI is InChI=1S/C16H24N2O/c1-16(2)9-7-14(8-10-16)18-15(19)11-12-3-5-13(17)6-4-12/h3-6,14H,7-11,17H2,1-2H3,(H,18,19). The van der Waals surface area contributed by atoms with Gasteiger partial charge in [0.15, 0.2) is 0 Å². The van der Waals surface area contributed by atoms with Crippen LogP contribution in [0, 0.1) is 5.41 Å². The molecule has 1 amide bonds. The van der Waals surface area contributed by atoms with Crippen molar-refractivity contribution in [2.75, 3.05) is 5.73 Å². The molecule has 0 radical (unpaired) electrons. The minimum atomic E-state index is 0.120. The van der Waals surface area contributed by atoms with Crippen molar-refractivity contribution in [3.63, 3.8) is 0 Å². The Morgan fingerprint density at radius 3 is 2.42 bits per heavy atom. The number of benzene rings is 1. The Kier molecular flexibility index (Phi) is 4.13. The average molecular weight is 260 g/mol. The van der Waals surface area contributed by atoms with Crippen LogP contribution in [0.25, 0.3) is 0 Å². The van der Waals surface area contributed by atoms with Crippen LogP contribution in [-0.2, 0) is 11.2 Å². The van der Waals surface area contributed by atoms with Crippen LogP contribution in [0.15, 0.2) is 24.3 Å². The molecule has 3 N–H and O–H groups in total. The summed E-state index contributed by atoms with van der Waals surface area (Å²) in [6.45, 7) is 4.61. The number of nitrogen functional groups attached to an aromatic ring is 1. The van der Waals surface area contributed by atoms with Crippen LogP contribution in [-0.4, -0.2) is 11.9 Å². The molecule has 1 aliphatic carbocycles. The second-order valence-corrected chi connectivity index (χ2v) is 6.42. The van der Waals surface area contributed by atoms with Crippen molar-refractivity contribution in [2.24, 2.45) is 5.41 Å². The first-order chi connectivity index (χ1) is 8.94. The number of nitrogens with two attached hydrogens (primary N) is 1. The molecule has 104 valence electrons. The molecule has 1 saturated carbocycles. The van der Waals surface area contributed by atoms with Crippen molar-refractivity contribution in [3.8, 4) is 0 Å². The van der Waals surface area contributed by atoms with E-state index in [4.69, 9.17) is 5.73 Å². The van der Waals surface area contributed by atoms with Crippen molar-refractivity contribution in [3.05, 3.63) is 29.8 Å². The predicted octanol–water partition coefficient (Wildman–Crippen LogP) is 2.90. The number of amides is 1. The number of carbonyl (C=O) groups is 1. The van der Waals surface area contributed by atoms with Gasteiger partial charge in [-0.15, -0.1) is 0 Å². The minimum Gasteiger partial charge on any atom is -0.399 e. The van der Waals surface area contributed by atoms with Crippen molar-refractivity contribution < 1.29 is 4.79 Å². The van der Waals surface area contributed by atoms with Crippen LogP contribution in [0.5, 0.6) is 0 Å². The lowest BCUT2D eigenvalue weighted by Gasteiger charge is -2.34. The summed E-state index contributed by atoms with van der Waals surface area (Å²) >= 11 is 0. The monoisotopic (exact) mass is 260 g/mol. The van der Waals surface area contributed by atoms with E-state index in [2.05, 4.69) is 19.2 Å². The Morgan fingerprint density at radius 1 is 1.26 bits per heavy atom. The summed E-state index contributed by atoms with van der Waals surface area (Å²) < 4.78 is 0. The summed E-state index contributed by atoms with van der Waals surface area (Å²) in [6, 6.07) is 7.87. The molecule has 0 atom stereocenters. The maximum atomic E-state index is 12.0. The highest BCUT2D eigenvalue weighted by molar-refractivity contribution is 5.79. The lowest BCUT2D eigenvalue weighted by Crippen LogP contribution is -2.39. The maximum absolute atomic E-state index is 12.0. The summed E-state index contributed by atoms with van der Waals surface area (Å²) in [5.41, 5.74) is 7.83. The molecule has 0 aromatic heterocycles. The van der Waals surface area contributed by atoms with E-state index < -0.39 is 0 Å². The summed E-state index contributed by atoms with van der Waals surface area (Å²) in [6.07, 6.45) is 5.03. The summed E-state index contributed by atoms with van der Waals surface area (Å²) in [4.78, 5) is 12.0. The zero-order valence-electron chi connectivity index (χ0n) is 11.9. The first-order valence-corrected chi connectivity index (χ1v) is 7.08. The first-order valence-electron chi connectivity index (χ1n) is 7.08. The van der Waals surface area contributed by atoms with E-state index in [-0.39, 0.29) is 5.91 Å². The van der Waals surface area contributed by atoms with Gasteiger partial charge in [0.05, 0.1) is 6.42 Å². The first kappa shape index (κ1) is 13.9. The molecule has 1 aliphatic rings. The average Bonchev–Trinajstić information content (AvgIpc) is 2.35. The van der Waals surface area contributed by atoms with Gasteiger partial charge < -0.3 is 11.1 Å². The SMILES string of the molecule is CC1(C)CCC(NC(=O)Cc2ccc(N)cc2)CC1. The molecule has 2 rings (SSSR count). The smallest absolute Gasteiger partial charge is 0.224 e. The largest absolute Gasteiger partial charge is 0.399 e. The number of hydrogen-bond donors (Lipinski definition) is 2. The van der Waals surface area contributed by atoms with E-state index in [1.54, 1.807) is 0 Å². The van der Waals surface area contributed by atoms with E-state index in [1.807, 2.05) is 24.3 Å². The van der Waals surface area contributed by atoms with Crippen LogP contribution >= 0.6 is 0 Å². The molecule has 1 aromatic carbocycles. The molecular weight excluding hydrogens is 236 g/mol. The van der Waals surface area contributed by atoms with Gasteiger partial charge in [-0.1, -0.05) is 26.0 Å². The van der Waals surface area contributed by atoms with Crippen LogP contribution < -0.4 is 11.1 Å². The summed E-state index contributed by atoms with van der Waals surface area (Å²) in [5, 5.41) is 3.15. The summed E-state index contributed by atoms with van der Waals surface area (Å²) in [5.74, 6) is 0.120. The fourth-order valence-corrected chi connectivity index (χ4v) is 2.64. The number of rotatable bonds is 3. The van der Waals surface area contributed by atoms with Crippen molar-refractivity contribution >= 4 is 11.6 Å². The van der Waals surface area contributed by atoms with Gasteiger partial charge >= 0.3 is 0 Å². The molecule has 0 bridgehead atoms. The Bertz CT molecular complexity index is 427. The van der Waals surface area contributed by atoms with Gasteiger partial charge in [0.2, 0.25) is 5.91 Å². The van der Waals surface area contributed by atoms with E-state index in [0.717, 1.165) is 24.1 Å². The van der Waals surface area contributed by atoms with Gasteiger partial charge in [-0.2, -0.15) is 0 Å². The molecule has 0 heterocycles. The second kappa shape index (κ2) is 5.64. The van der Waals surface area contributed by atoms with Gasteiger partial charge in [-0.3, -0.25) is 4.79 Å². The summed E-state index contributed by atoms with van der Waals surface area (Å²) in [7, 11) is 0. The zero-order chi connectivity index (χ0) is 13.9. The normalized spacial score (nSPS) is 19.1. The molecule has 3 heteroatoms. The molecule has 19 heavy (non-hydrogen) atoms. The fourth-order valence-electron chi connectivity index (χ4n) is 2.64. The lowest BCUT2D eigenvalue weighted by atomic mass is 9.75. The Morgan fingerprint density at radius 2 is 1.84 bits per heavy atom. The van der Waals surface area contributed by atoms with E-state index in [0.29, 0.717) is 17.9 Å². The van der Waals surface area contributed by atoms with Crippen LogP contribution in [0.3, 0.4) is 0 Å². The molecule has 0 spiro atoms. The third-order valence-corrected chi connectivity index (χ3v) is 4.05. The second-order valence-electron chi connectivity index (χ2n) is 6.42. The van der Waals surface area contributed by atoms with E-state index in [9.17, 15) is 4.79 Å². The molecule has 1 fully saturated rings. The zero-order valence-corrected chi connectivity index (χ0v) is 11.9. The van der Waals surface area contributed by atoms with Gasteiger partial charge in [-0.25, -0.2) is 0 Å². The van der Waals surface area contributed by atoms with Gasteiger partial charge in [0, 0.05) is 11.7 Å². The fraction of sp³-hybridized carbons (Fsp3) is 0.562.